The van der Waals surface area contributed by atoms with Crippen molar-refractivity contribution in [2.75, 3.05) is 0 Å². The third-order valence-electron chi connectivity index (χ3n) is 3.35. The lowest BCUT2D eigenvalue weighted by molar-refractivity contribution is -0.115. The lowest BCUT2D eigenvalue weighted by Gasteiger charge is -2.07. The molecule has 0 aliphatic carbocycles. The van der Waals surface area contributed by atoms with Crippen molar-refractivity contribution in [1.29, 1.82) is 0 Å². The maximum absolute atomic E-state index is 11.5. The van der Waals surface area contributed by atoms with Crippen molar-refractivity contribution in [1.82, 2.24) is 5.32 Å². The highest BCUT2D eigenvalue weighted by molar-refractivity contribution is 8.18. The average molecular weight is 325 g/mol. The SMILES string of the molecule is Cc1ccc(COc2ccc(C=C3SC(=O)NC3=O)cc2)cc1. The van der Waals surface area contributed by atoms with Crippen LogP contribution in [0, 0.1) is 6.92 Å². The first-order valence-corrected chi connectivity index (χ1v) is 7.95. The number of hydrogen-bond acceptors (Lipinski definition) is 4. The molecule has 1 aliphatic rings. The van der Waals surface area contributed by atoms with Crippen molar-refractivity contribution in [3.05, 3.63) is 70.1 Å². The first-order chi connectivity index (χ1) is 11.1. The highest BCUT2D eigenvalue weighted by Crippen LogP contribution is 2.26. The minimum atomic E-state index is -0.348. The van der Waals surface area contributed by atoms with Gasteiger partial charge in [0.15, 0.2) is 0 Å². The molecule has 0 atom stereocenters. The maximum atomic E-state index is 11.5. The van der Waals surface area contributed by atoms with E-state index >= 15 is 0 Å². The molecule has 0 spiro atoms. The van der Waals surface area contributed by atoms with Gasteiger partial charge in [-0.3, -0.25) is 14.9 Å². The summed E-state index contributed by atoms with van der Waals surface area (Å²) in [5, 5.41) is 1.90. The van der Waals surface area contributed by atoms with Gasteiger partial charge in [-0.15, -0.1) is 0 Å². The van der Waals surface area contributed by atoms with Gasteiger partial charge in [0.05, 0.1) is 4.91 Å². The Bertz CT molecular complexity index is 764. The number of benzene rings is 2. The monoisotopic (exact) mass is 325 g/mol. The van der Waals surface area contributed by atoms with Crippen LogP contribution in [0.5, 0.6) is 5.75 Å². The number of ether oxygens (including phenoxy) is 1. The highest BCUT2D eigenvalue weighted by Gasteiger charge is 2.24. The van der Waals surface area contributed by atoms with E-state index in [0.717, 1.165) is 28.6 Å². The van der Waals surface area contributed by atoms with E-state index in [9.17, 15) is 9.59 Å². The maximum Gasteiger partial charge on any atom is 0.290 e. The van der Waals surface area contributed by atoms with E-state index in [1.54, 1.807) is 6.08 Å². The average Bonchev–Trinajstić information content (AvgIpc) is 2.86. The third kappa shape index (κ3) is 4.02. The van der Waals surface area contributed by atoms with Crippen LogP contribution in [-0.2, 0) is 11.4 Å². The molecule has 23 heavy (non-hydrogen) atoms. The van der Waals surface area contributed by atoms with Crippen LogP contribution >= 0.6 is 11.8 Å². The van der Waals surface area contributed by atoms with Crippen LogP contribution in [0.1, 0.15) is 16.7 Å². The minimum absolute atomic E-state index is 0.334. The number of nitrogens with one attached hydrogen (secondary N) is 1. The smallest absolute Gasteiger partial charge is 0.290 e. The van der Waals surface area contributed by atoms with E-state index in [2.05, 4.69) is 17.4 Å². The van der Waals surface area contributed by atoms with Gasteiger partial charge in [0.25, 0.3) is 11.1 Å². The Balaban J connectivity index is 1.63. The topological polar surface area (TPSA) is 55.4 Å². The summed E-state index contributed by atoms with van der Waals surface area (Å²) in [6, 6.07) is 15.6. The van der Waals surface area contributed by atoms with Gasteiger partial charge in [0.1, 0.15) is 12.4 Å². The Labute approximate surface area is 138 Å². The van der Waals surface area contributed by atoms with Crippen LogP contribution in [0.3, 0.4) is 0 Å². The predicted molar refractivity (Wildman–Crippen MR) is 91.1 cm³/mol. The van der Waals surface area contributed by atoms with Crippen LogP contribution in [0.4, 0.5) is 4.79 Å². The van der Waals surface area contributed by atoms with E-state index in [-0.39, 0.29) is 11.1 Å². The summed E-state index contributed by atoms with van der Waals surface area (Å²) >= 11 is 0.912. The predicted octanol–water partition coefficient (Wildman–Crippen LogP) is 3.90. The molecular formula is C18H15NO3S. The van der Waals surface area contributed by atoms with E-state index in [1.165, 1.54) is 5.56 Å². The molecule has 1 aliphatic heterocycles. The molecule has 0 radical (unpaired) electrons. The Hall–Kier alpha value is -2.53. The number of thioether (sulfide) groups is 1. The molecule has 1 N–H and O–H groups in total. The van der Waals surface area contributed by atoms with Crippen molar-refractivity contribution in [2.24, 2.45) is 0 Å². The Kier molecular flexibility index (Phi) is 4.48. The fraction of sp³-hybridized carbons (Fsp3) is 0.111. The third-order valence-corrected chi connectivity index (χ3v) is 4.16. The molecule has 1 saturated heterocycles. The van der Waals surface area contributed by atoms with Crippen LogP contribution in [0.25, 0.3) is 6.08 Å². The zero-order valence-corrected chi connectivity index (χ0v) is 13.4. The van der Waals surface area contributed by atoms with E-state index in [1.807, 2.05) is 43.3 Å². The number of carbonyl (C=O) groups is 2. The first-order valence-electron chi connectivity index (χ1n) is 7.13. The molecule has 0 aromatic heterocycles. The van der Waals surface area contributed by atoms with Gasteiger partial charge in [-0.05, 0) is 48.0 Å². The second kappa shape index (κ2) is 6.71. The molecule has 2 amide bonds. The molecule has 5 heteroatoms. The number of imide groups is 1. The zero-order valence-electron chi connectivity index (χ0n) is 12.5. The van der Waals surface area contributed by atoms with Crippen molar-refractivity contribution in [3.8, 4) is 5.75 Å². The zero-order chi connectivity index (χ0) is 16.2. The van der Waals surface area contributed by atoms with Gasteiger partial charge in [-0.1, -0.05) is 42.0 Å². The number of carbonyl (C=O) groups excluding carboxylic acids is 2. The molecule has 116 valence electrons. The molecule has 1 fully saturated rings. The quantitative estimate of drug-likeness (QED) is 0.866. The van der Waals surface area contributed by atoms with E-state index in [0.29, 0.717) is 11.5 Å². The molecule has 1 heterocycles. The summed E-state index contributed by atoms with van der Waals surface area (Å²) in [7, 11) is 0. The molecule has 4 nitrogen and oxygen atoms in total. The fourth-order valence-corrected chi connectivity index (χ4v) is 2.77. The molecule has 2 aromatic carbocycles. The first kappa shape index (κ1) is 15.4. The van der Waals surface area contributed by atoms with E-state index < -0.39 is 0 Å². The van der Waals surface area contributed by atoms with Crippen molar-refractivity contribution in [3.63, 3.8) is 0 Å². The summed E-state index contributed by atoms with van der Waals surface area (Å²) in [6.45, 7) is 2.56. The fourth-order valence-electron chi connectivity index (χ4n) is 2.08. The van der Waals surface area contributed by atoms with Crippen LogP contribution < -0.4 is 10.1 Å². The van der Waals surface area contributed by atoms with Crippen LogP contribution in [-0.4, -0.2) is 11.1 Å². The highest BCUT2D eigenvalue weighted by atomic mass is 32.2. The summed E-state index contributed by atoms with van der Waals surface area (Å²) in [4.78, 5) is 23.0. The van der Waals surface area contributed by atoms with Crippen molar-refractivity contribution < 1.29 is 14.3 Å². The van der Waals surface area contributed by atoms with Crippen molar-refractivity contribution in [2.45, 2.75) is 13.5 Å². The van der Waals surface area contributed by atoms with Crippen LogP contribution in [0.15, 0.2) is 53.4 Å². The minimum Gasteiger partial charge on any atom is -0.489 e. The Morgan fingerprint density at radius 2 is 1.74 bits per heavy atom. The number of amides is 2. The van der Waals surface area contributed by atoms with E-state index in [4.69, 9.17) is 4.74 Å². The summed E-state index contributed by atoms with van der Waals surface area (Å²) in [6.07, 6.45) is 1.69. The summed E-state index contributed by atoms with van der Waals surface area (Å²) in [5.74, 6) is 0.409. The Morgan fingerprint density at radius 3 is 2.35 bits per heavy atom. The van der Waals surface area contributed by atoms with Gasteiger partial charge in [-0.25, -0.2) is 0 Å². The van der Waals surface area contributed by atoms with Crippen LogP contribution in [0.2, 0.25) is 0 Å². The second-order valence-corrected chi connectivity index (χ2v) is 6.21. The van der Waals surface area contributed by atoms with Crippen molar-refractivity contribution >= 4 is 29.0 Å². The number of aryl methyl sites for hydroxylation is 1. The summed E-state index contributed by atoms with van der Waals surface area (Å²) < 4.78 is 5.74. The molecule has 0 bridgehead atoms. The number of rotatable bonds is 4. The lowest BCUT2D eigenvalue weighted by atomic mass is 10.1. The summed E-state index contributed by atoms with van der Waals surface area (Å²) in [5.41, 5.74) is 3.18. The van der Waals surface area contributed by atoms with Gasteiger partial charge < -0.3 is 4.74 Å². The Morgan fingerprint density at radius 1 is 1.04 bits per heavy atom. The van der Waals surface area contributed by atoms with Gasteiger partial charge in [0, 0.05) is 0 Å². The molecule has 0 saturated carbocycles. The standard InChI is InChI=1S/C18H15NO3S/c1-12-2-4-14(5-3-12)11-22-15-8-6-13(7-9-15)10-16-17(20)19-18(21)23-16/h2-10H,11H2,1H3,(H,19,20,21). The van der Waals surface area contributed by atoms with Gasteiger partial charge in [-0.2, -0.15) is 0 Å². The lowest BCUT2D eigenvalue weighted by Crippen LogP contribution is -2.17. The number of hydrogen-bond donors (Lipinski definition) is 1. The molecule has 0 unspecified atom stereocenters. The molecule has 2 aromatic rings. The second-order valence-electron chi connectivity index (χ2n) is 5.20. The normalized spacial score (nSPS) is 15.8. The van der Waals surface area contributed by atoms with Gasteiger partial charge >= 0.3 is 0 Å². The molecular weight excluding hydrogens is 310 g/mol. The van der Waals surface area contributed by atoms with Gasteiger partial charge in [0.2, 0.25) is 0 Å². The largest absolute Gasteiger partial charge is 0.489 e. The molecule has 3 rings (SSSR count).